The van der Waals surface area contributed by atoms with Gasteiger partial charge in [-0.05, 0) is 18.2 Å². The molecule has 0 unspecified atom stereocenters. The molecule has 7 heteroatoms. The molecule has 4 heterocycles. The number of pyridine rings is 1. The van der Waals surface area contributed by atoms with Gasteiger partial charge in [0.15, 0.2) is 0 Å². The number of nitrogens with zero attached hydrogens (tertiary/aromatic N) is 6. The first-order chi connectivity index (χ1) is 13.8. The predicted molar refractivity (Wildman–Crippen MR) is 107 cm³/mol. The molecule has 3 aromatic rings. The minimum atomic E-state index is 0.0262. The highest BCUT2D eigenvalue weighted by Crippen LogP contribution is 2.21. The monoisotopic (exact) mass is 374 g/mol. The van der Waals surface area contributed by atoms with E-state index in [1.807, 2.05) is 47.4 Å². The van der Waals surface area contributed by atoms with E-state index in [1.165, 1.54) is 0 Å². The molecule has 142 valence electrons. The lowest BCUT2D eigenvalue weighted by atomic mass is 10.0. The lowest BCUT2D eigenvalue weighted by molar-refractivity contribution is 0.0242. The minimum absolute atomic E-state index is 0.0262. The van der Waals surface area contributed by atoms with Crippen molar-refractivity contribution in [2.24, 2.45) is 0 Å². The Balaban J connectivity index is 1.17. The largest absolute Gasteiger partial charge is 0.338 e. The van der Waals surface area contributed by atoms with Gasteiger partial charge in [-0.25, -0.2) is 15.0 Å². The Hall–Kier alpha value is -3.06. The molecule has 2 fully saturated rings. The second kappa shape index (κ2) is 7.16. The van der Waals surface area contributed by atoms with Crippen molar-refractivity contribution < 1.29 is 4.79 Å². The standard InChI is InChI=1S/C21H22N6O/c28-20(19-7-6-16-4-1-2-5-18(16)24-19)27-14-17(15-27)25-10-12-26(13-11-25)21-22-8-3-9-23-21/h1-9,17H,10-15H2. The van der Waals surface area contributed by atoms with Crippen molar-refractivity contribution in [1.82, 2.24) is 24.8 Å². The first kappa shape index (κ1) is 17.1. The number of carbonyl (C=O) groups excluding carboxylic acids is 1. The highest BCUT2D eigenvalue weighted by atomic mass is 16.2. The maximum atomic E-state index is 12.8. The van der Waals surface area contributed by atoms with Gasteiger partial charge in [0.25, 0.3) is 5.91 Å². The maximum Gasteiger partial charge on any atom is 0.272 e. The number of likely N-dealkylation sites (tertiary alicyclic amines) is 1. The van der Waals surface area contributed by atoms with Gasteiger partial charge in [0.1, 0.15) is 5.69 Å². The fourth-order valence-electron chi connectivity index (χ4n) is 3.94. The van der Waals surface area contributed by atoms with Crippen LogP contribution in [0.4, 0.5) is 5.95 Å². The maximum absolute atomic E-state index is 12.8. The van der Waals surface area contributed by atoms with E-state index < -0.39 is 0 Å². The Morgan fingerprint density at radius 2 is 1.64 bits per heavy atom. The van der Waals surface area contributed by atoms with E-state index in [0.717, 1.165) is 56.1 Å². The number of carbonyl (C=O) groups is 1. The van der Waals surface area contributed by atoms with Crippen LogP contribution < -0.4 is 4.90 Å². The van der Waals surface area contributed by atoms with Gasteiger partial charge in [-0.1, -0.05) is 24.3 Å². The van der Waals surface area contributed by atoms with Crippen LogP contribution in [0.3, 0.4) is 0 Å². The summed E-state index contributed by atoms with van der Waals surface area (Å²) in [6.07, 6.45) is 3.57. The van der Waals surface area contributed by atoms with E-state index in [0.29, 0.717) is 11.7 Å². The SMILES string of the molecule is O=C(c1ccc2ccccc2n1)N1CC(N2CCN(c3ncccn3)CC2)C1. The molecule has 2 aromatic heterocycles. The summed E-state index contributed by atoms with van der Waals surface area (Å²) >= 11 is 0. The van der Waals surface area contributed by atoms with Crippen molar-refractivity contribution in [2.75, 3.05) is 44.2 Å². The molecule has 0 atom stereocenters. The Morgan fingerprint density at radius 3 is 2.43 bits per heavy atom. The number of para-hydroxylation sites is 1. The van der Waals surface area contributed by atoms with Crippen molar-refractivity contribution in [3.8, 4) is 0 Å². The van der Waals surface area contributed by atoms with Gasteiger partial charge in [0, 0.05) is 63.1 Å². The molecule has 28 heavy (non-hydrogen) atoms. The second-order valence-electron chi connectivity index (χ2n) is 7.32. The number of benzene rings is 1. The summed E-state index contributed by atoms with van der Waals surface area (Å²) in [5.74, 6) is 0.827. The van der Waals surface area contributed by atoms with Gasteiger partial charge in [0.05, 0.1) is 5.52 Å². The average molecular weight is 374 g/mol. The number of rotatable bonds is 3. The Bertz CT molecular complexity index is 980. The molecular weight excluding hydrogens is 352 g/mol. The smallest absolute Gasteiger partial charge is 0.272 e. The third-order valence-corrected chi connectivity index (χ3v) is 5.63. The first-order valence-corrected chi connectivity index (χ1v) is 9.69. The van der Waals surface area contributed by atoms with E-state index in [4.69, 9.17) is 0 Å². The van der Waals surface area contributed by atoms with Crippen molar-refractivity contribution in [1.29, 1.82) is 0 Å². The predicted octanol–water partition coefficient (Wildman–Crippen LogP) is 1.67. The van der Waals surface area contributed by atoms with Gasteiger partial charge in [0.2, 0.25) is 5.95 Å². The summed E-state index contributed by atoms with van der Waals surface area (Å²) in [6, 6.07) is 14.0. The molecule has 0 bridgehead atoms. The summed E-state index contributed by atoms with van der Waals surface area (Å²) in [4.78, 5) is 32.5. The van der Waals surface area contributed by atoms with Crippen LogP contribution in [0.25, 0.3) is 10.9 Å². The highest BCUT2D eigenvalue weighted by molar-refractivity contribution is 5.95. The van der Waals surface area contributed by atoms with Crippen molar-refractivity contribution in [2.45, 2.75) is 6.04 Å². The number of piperazine rings is 1. The summed E-state index contributed by atoms with van der Waals surface area (Å²) in [5.41, 5.74) is 1.40. The molecule has 1 amide bonds. The number of hydrogen-bond acceptors (Lipinski definition) is 6. The summed E-state index contributed by atoms with van der Waals surface area (Å²) in [6.45, 7) is 5.32. The van der Waals surface area contributed by atoms with E-state index in [9.17, 15) is 4.79 Å². The molecule has 2 saturated heterocycles. The van der Waals surface area contributed by atoms with Crippen molar-refractivity contribution in [3.05, 3.63) is 60.6 Å². The van der Waals surface area contributed by atoms with Crippen LogP contribution in [-0.4, -0.2) is 76.0 Å². The van der Waals surface area contributed by atoms with E-state index in [2.05, 4.69) is 24.8 Å². The van der Waals surface area contributed by atoms with Gasteiger partial charge in [-0.3, -0.25) is 9.69 Å². The van der Waals surface area contributed by atoms with Crippen LogP contribution in [0.15, 0.2) is 54.9 Å². The third-order valence-electron chi connectivity index (χ3n) is 5.63. The fraction of sp³-hybridized carbons (Fsp3) is 0.333. The van der Waals surface area contributed by atoms with Crippen LogP contribution >= 0.6 is 0 Å². The number of anilines is 1. The zero-order valence-corrected chi connectivity index (χ0v) is 15.6. The average Bonchev–Trinajstić information content (AvgIpc) is 2.73. The number of amides is 1. The van der Waals surface area contributed by atoms with Gasteiger partial charge >= 0.3 is 0 Å². The number of hydrogen-bond donors (Lipinski definition) is 0. The molecule has 0 aliphatic carbocycles. The van der Waals surface area contributed by atoms with Gasteiger partial charge in [-0.15, -0.1) is 0 Å². The van der Waals surface area contributed by atoms with Crippen molar-refractivity contribution in [3.63, 3.8) is 0 Å². The summed E-state index contributed by atoms with van der Waals surface area (Å²) < 4.78 is 0. The Kier molecular flexibility index (Phi) is 4.37. The first-order valence-electron chi connectivity index (χ1n) is 9.69. The minimum Gasteiger partial charge on any atom is -0.338 e. The lowest BCUT2D eigenvalue weighted by Gasteiger charge is -2.48. The molecule has 0 spiro atoms. The van der Waals surface area contributed by atoms with E-state index in [1.54, 1.807) is 12.4 Å². The van der Waals surface area contributed by atoms with E-state index >= 15 is 0 Å². The molecule has 0 saturated carbocycles. The number of aromatic nitrogens is 3. The van der Waals surface area contributed by atoms with Crippen LogP contribution in [0.5, 0.6) is 0 Å². The Labute approximate surface area is 163 Å². The lowest BCUT2D eigenvalue weighted by Crippen LogP contribution is -2.64. The zero-order chi connectivity index (χ0) is 18.9. The van der Waals surface area contributed by atoms with Crippen LogP contribution in [0, 0.1) is 0 Å². The summed E-state index contributed by atoms with van der Waals surface area (Å²) in [7, 11) is 0. The molecule has 5 rings (SSSR count). The van der Waals surface area contributed by atoms with E-state index in [-0.39, 0.29) is 5.91 Å². The molecule has 1 aromatic carbocycles. The van der Waals surface area contributed by atoms with Gasteiger partial charge < -0.3 is 9.80 Å². The molecule has 2 aliphatic rings. The van der Waals surface area contributed by atoms with Crippen LogP contribution in [0.2, 0.25) is 0 Å². The molecule has 0 radical (unpaired) electrons. The third kappa shape index (κ3) is 3.18. The quantitative estimate of drug-likeness (QED) is 0.695. The molecule has 2 aliphatic heterocycles. The second-order valence-corrected chi connectivity index (χ2v) is 7.32. The van der Waals surface area contributed by atoms with Crippen molar-refractivity contribution >= 4 is 22.8 Å². The van der Waals surface area contributed by atoms with Gasteiger partial charge in [-0.2, -0.15) is 0 Å². The molecule has 7 nitrogen and oxygen atoms in total. The topological polar surface area (TPSA) is 65.5 Å². The zero-order valence-electron chi connectivity index (χ0n) is 15.6. The van der Waals surface area contributed by atoms with Crippen LogP contribution in [0.1, 0.15) is 10.5 Å². The highest BCUT2D eigenvalue weighted by Gasteiger charge is 2.37. The Morgan fingerprint density at radius 1 is 0.893 bits per heavy atom. The van der Waals surface area contributed by atoms with Crippen LogP contribution in [-0.2, 0) is 0 Å². The molecular formula is C21H22N6O. The summed E-state index contributed by atoms with van der Waals surface area (Å²) in [5, 5.41) is 1.06. The fourth-order valence-corrected chi connectivity index (χ4v) is 3.94. The molecule has 0 N–H and O–H groups in total. The normalized spacial score (nSPS) is 18.3. The number of fused-ring (bicyclic) bond motifs is 1.